The molecule has 3 N–H and O–H groups in total. The van der Waals surface area contributed by atoms with Crippen molar-refractivity contribution in [3.05, 3.63) is 78.2 Å². The molecule has 2 aromatic heterocycles. The third-order valence-corrected chi connectivity index (χ3v) is 4.85. The molecule has 0 aliphatic carbocycles. The number of aromatic amines is 1. The van der Waals surface area contributed by atoms with E-state index in [-0.39, 0.29) is 0 Å². The van der Waals surface area contributed by atoms with Crippen LogP contribution in [0.3, 0.4) is 0 Å². The van der Waals surface area contributed by atoms with Crippen LogP contribution in [0.4, 0.5) is 0 Å². The molecule has 0 amide bonds. The van der Waals surface area contributed by atoms with E-state index in [4.69, 9.17) is 4.99 Å². The third-order valence-electron chi connectivity index (χ3n) is 4.85. The Morgan fingerprint density at radius 1 is 1.00 bits per heavy atom. The highest BCUT2D eigenvalue weighted by atomic mass is 15.2. The Labute approximate surface area is 164 Å². The van der Waals surface area contributed by atoms with E-state index >= 15 is 0 Å². The molecule has 4 rings (SSSR count). The number of H-pyrrole nitrogens is 1. The topological polar surface area (TPSA) is 65.1 Å². The minimum absolute atomic E-state index is 0.545. The summed E-state index contributed by atoms with van der Waals surface area (Å²) in [5.74, 6) is 0.817. The van der Waals surface area contributed by atoms with Gasteiger partial charge in [-0.25, -0.2) is 4.99 Å². The lowest BCUT2D eigenvalue weighted by molar-refractivity contribution is 0.799. The van der Waals surface area contributed by atoms with Gasteiger partial charge in [-0.1, -0.05) is 42.5 Å². The Morgan fingerprint density at radius 3 is 2.71 bits per heavy atom. The van der Waals surface area contributed by atoms with Gasteiger partial charge in [-0.3, -0.25) is 4.98 Å². The summed E-state index contributed by atoms with van der Waals surface area (Å²) in [7, 11) is 0. The fraction of sp³-hybridized carbons (Fsp3) is 0.217. The molecule has 0 aliphatic rings. The van der Waals surface area contributed by atoms with Crippen molar-refractivity contribution >= 4 is 27.6 Å². The zero-order chi connectivity index (χ0) is 19.2. The van der Waals surface area contributed by atoms with Crippen molar-refractivity contribution in [1.82, 2.24) is 20.6 Å². The number of hydrogen-bond donors (Lipinski definition) is 3. The molecule has 0 saturated carbocycles. The number of hydrogen-bond acceptors (Lipinski definition) is 2. The number of fused-ring (bicyclic) bond motifs is 2. The van der Waals surface area contributed by atoms with Crippen LogP contribution in [0, 0.1) is 0 Å². The number of benzene rings is 2. The predicted molar refractivity (Wildman–Crippen MR) is 117 cm³/mol. The summed E-state index contributed by atoms with van der Waals surface area (Å²) >= 11 is 0. The molecule has 0 radical (unpaired) electrons. The number of rotatable bonds is 6. The molecule has 0 aliphatic heterocycles. The number of guanidine groups is 1. The Kier molecular flexibility index (Phi) is 5.52. The van der Waals surface area contributed by atoms with E-state index < -0.39 is 0 Å². The normalized spacial score (nSPS) is 11.8. The van der Waals surface area contributed by atoms with Gasteiger partial charge in [0.05, 0.1) is 12.2 Å². The van der Waals surface area contributed by atoms with Gasteiger partial charge in [-0.05, 0) is 36.4 Å². The van der Waals surface area contributed by atoms with E-state index in [0.29, 0.717) is 6.54 Å². The lowest BCUT2D eigenvalue weighted by atomic mass is 10.1. The number of nitrogens with zero attached hydrogens (tertiary/aromatic N) is 2. The second kappa shape index (κ2) is 8.57. The molecule has 0 atom stereocenters. The van der Waals surface area contributed by atoms with Gasteiger partial charge < -0.3 is 15.6 Å². The van der Waals surface area contributed by atoms with Crippen molar-refractivity contribution in [1.29, 1.82) is 0 Å². The lowest BCUT2D eigenvalue weighted by Gasteiger charge is -2.11. The number of nitrogens with one attached hydrogen (secondary N) is 3. The molecule has 28 heavy (non-hydrogen) atoms. The minimum Gasteiger partial charge on any atom is -0.361 e. The van der Waals surface area contributed by atoms with E-state index in [1.165, 1.54) is 21.9 Å². The van der Waals surface area contributed by atoms with Crippen molar-refractivity contribution in [3.8, 4) is 0 Å². The zero-order valence-electron chi connectivity index (χ0n) is 16.1. The minimum atomic E-state index is 0.545. The largest absolute Gasteiger partial charge is 0.361 e. The van der Waals surface area contributed by atoms with Crippen molar-refractivity contribution < 1.29 is 0 Å². The Bertz CT molecular complexity index is 1090. The van der Waals surface area contributed by atoms with Crippen LogP contribution in [-0.2, 0) is 13.0 Å². The van der Waals surface area contributed by atoms with Crippen molar-refractivity contribution in [2.75, 3.05) is 13.1 Å². The molecule has 0 fully saturated rings. The van der Waals surface area contributed by atoms with Crippen LogP contribution < -0.4 is 10.6 Å². The first-order valence-electron chi connectivity index (χ1n) is 9.75. The van der Waals surface area contributed by atoms with Crippen molar-refractivity contribution in [2.45, 2.75) is 19.9 Å². The molecule has 5 heteroatoms. The molecule has 2 heterocycles. The van der Waals surface area contributed by atoms with Crippen molar-refractivity contribution in [2.24, 2.45) is 4.99 Å². The maximum absolute atomic E-state index is 4.74. The first-order valence-corrected chi connectivity index (χ1v) is 9.75. The van der Waals surface area contributed by atoms with Crippen LogP contribution in [0.15, 0.2) is 72.0 Å². The fourth-order valence-corrected chi connectivity index (χ4v) is 3.46. The summed E-state index contributed by atoms with van der Waals surface area (Å²) in [5.41, 5.74) is 3.49. The van der Waals surface area contributed by atoms with Gasteiger partial charge in [0, 0.05) is 41.8 Å². The van der Waals surface area contributed by atoms with E-state index in [2.05, 4.69) is 70.1 Å². The summed E-state index contributed by atoms with van der Waals surface area (Å²) < 4.78 is 0. The van der Waals surface area contributed by atoms with Gasteiger partial charge in [0.15, 0.2) is 5.96 Å². The van der Waals surface area contributed by atoms with Gasteiger partial charge in [0.25, 0.3) is 0 Å². The Hall–Kier alpha value is -3.34. The van der Waals surface area contributed by atoms with Gasteiger partial charge in [-0.2, -0.15) is 0 Å². The summed E-state index contributed by atoms with van der Waals surface area (Å²) in [6.07, 6.45) is 4.88. The molecule has 2 aromatic carbocycles. The standard InChI is InChI=1S/C23H25N5/c1-2-24-23(26-14-12-18-15-27-21-10-6-5-9-20(18)21)28-16-22-19-8-4-3-7-17(19)11-13-25-22/h3-11,13,15,27H,2,12,14,16H2,1H3,(H2,24,26,28). The van der Waals surface area contributed by atoms with E-state index in [1.54, 1.807) is 0 Å². The molecule has 0 saturated heterocycles. The van der Waals surface area contributed by atoms with Crippen LogP contribution in [0.25, 0.3) is 21.7 Å². The van der Waals surface area contributed by atoms with Crippen LogP contribution in [0.1, 0.15) is 18.2 Å². The predicted octanol–water partition coefficient (Wildman–Crippen LogP) is 4.01. The average Bonchev–Trinajstić information content (AvgIpc) is 3.15. The van der Waals surface area contributed by atoms with Crippen LogP contribution >= 0.6 is 0 Å². The summed E-state index contributed by atoms with van der Waals surface area (Å²) in [6.45, 7) is 4.26. The van der Waals surface area contributed by atoms with Crippen molar-refractivity contribution in [3.63, 3.8) is 0 Å². The Balaban J connectivity index is 1.43. The highest BCUT2D eigenvalue weighted by Gasteiger charge is 2.05. The molecule has 0 bridgehead atoms. The monoisotopic (exact) mass is 371 g/mol. The van der Waals surface area contributed by atoms with Crippen LogP contribution in [0.5, 0.6) is 0 Å². The molecule has 4 aromatic rings. The highest BCUT2D eigenvalue weighted by molar-refractivity contribution is 5.85. The maximum Gasteiger partial charge on any atom is 0.191 e. The van der Waals surface area contributed by atoms with Crippen LogP contribution in [-0.4, -0.2) is 29.0 Å². The molecule has 5 nitrogen and oxygen atoms in total. The first-order chi connectivity index (χ1) is 13.8. The highest BCUT2D eigenvalue weighted by Crippen LogP contribution is 2.18. The number of aromatic nitrogens is 2. The fourth-order valence-electron chi connectivity index (χ4n) is 3.46. The summed E-state index contributed by atoms with van der Waals surface area (Å²) in [4.78, 5) is 12.6. The van der Waals surface area contributed by atoms with E-state index in [9.17, 15) is 0 Å². The maximum atomic E-state index is 4.74. The third kappa shape index (κ3) is 3.98. The molecule has 0 unspecified atom stereocenters. The van der Waals surface area contributed by atoms with Gasteiger partial charge in [0.2, 0.25) is 0 Å². The SMILES string of the molecule is CCNC(=NCc1nccc2ccccc12)NCCc1c[nH]c2ccccc12. The van der Waals surface area contributed by atoms with E-state index in [1.807, 2.05) is 24.4 Å². The number of para-hydroxylation sites is 1. The zero-order valence-corrected chi connectivity index (χ0v) is 16.1. The second-order valence-electron chi connectivity index (χ2n) is 6.71. The van der Waals surface area contributed by atoms with Gasteiger partial charge in [0.1, 0.15) is 0 Å². The smallest absolute Gasteiger partial charge is 0.191 e. The quantitative estimate of drug-likeness (QED) is 0.354. The Morgan fingerprint density at radius 2 is 1.82 bits per heavy atom. The molecular weight excluding hydrogens is 346 g/mol. The number of aliphatic imine (C=N–C) groups is 1. The molecule has 142 valence electrons. The summed E-state index contributed by atoms with van der Waals surface area (Å²) in [5, 5.41) is 10.4. The summed E-state index contributed by atoms with van der Waals surface area (Å²) in [6, 6.07) is 18.7. The average molecular weight is 371 g/mol. The molecule has 0 spiro atoms. The first kappa shape index (κ1) is 18.0. The second-order valence-corrected chi connectivity index (χ2v) is 6.71. The van der Waals surface area contributed by atoms with Crippen LogP contribution in [0.2, 0.25) is 0 Å². The van der Waals surface area contributed by atoms with Gasteiger partial charge >= 0.3 is 0 Å². The lowest BCUT2D eigenvalue weighted by Crippen LogP contribution is -2.38. The number of pyridine rings is 1. The molecular formula is C23H25N5. The van der Waals surface area contributed by atoms with Gasteiger partial charge in [-0.15, -0.1) is 0 Å². The van der Waals surface area contributed by atoms with E-state index in [0.717, 1.165) is 36.6 Å².